The number of aliphatic hydroxyl groups is 4. The zero-order chi connectivity index (χ0) is 27.4. The number of hydrogen-bond acceptors (Lipinski definition) is 5. The minimum Gasteiger partial charge on any atom is -0.481 e. The first-order chi connectivity index (χ1) is 17.0. The van der Waals surface area contributed by atoms with E-state index in [0.29, 0.717) is 6.42 Å². The van der Waals surface area contributed by atoms with Crippen LogP contribution in [0.1, 0.15) is 99.3 Å². The van der Waals surface area contributed by atoms with Crippen LogP contribution in [0.5, 0.6) is 0 Å². The van der Waals surface area contributed by atoms with Gasteiger partial charge in [0.25, 0.3) is 0 Å². The number of aliphatic carboxylic acids is 1. The molecule has 37 heavy (non-hydrogen) atoms. The zero-order valence-corrected chi connectivity index (χ0v) is 23.8. The molecule has 5 aliphatic rings. The molecule has 0 heterocycles. The lowest BCUT2D eigenvalue weighted by molar-refractivity contribution is -0.247. The number of allylic oxidation sites excluding steroid dienone is 1. The Hall–Kier alpha value is -0.950. The number of carboxylic acids is 1. The van der Waals surface area contributed by atoms with E-state index < -0.39 is 34.6 Å². The van der Waals surface area contributed by atoms with E-state index in [1.54, 1.807) is 0 Å². The topological polar surface area (TPSA) is 118 Å². The molecule has 5 N–H and O–H groups in total. The van der Waals surface area contributed by atoms with Crippen molar-refractivity contribution in [3.05, 3.63) is 11.6 Å². The van der Waals surface area contributed by atoms with Crippen molar-refractivity contribution in [1.29, 1.82) is 0 Å². The van der Waals surface area contributed by atoms with E-state index >= 15 is 0 Å². The van der Waals surface area contributed by atoms with Gasteiger partial charge in [0.15, 0.2) is 0 Å². The molecule has 210 valence electrons. The van der Waals surface area contributed by atoms with Crippen molar-refractivity contribution < 1.29 is 30.3 Å². The smallest absolute Gasteiger partial charge is 0.303 e. The fraction of sp³-hybridized carbons (Fsp3) is 0.903. The maximum absolute atomic E-state index is 12.1. The highest BCUT2D eigenvalue weighted by atomic mass is 16.4. The van der Waals surface area contributed by atoms with Gasteiger partial charge in [-0.3, -0.25) is 4.79 Å². The quantitative estimate of drug-likeness (QED) is 0.350. The molecular formula is C31H50O6. The molecule has 12 atom stereocenters. The summed E-state index contributed by atoms with van der Waals surface area (Å²) in [5.74, 6) is -0.485. The van der Waals surface area contributed by atoms with Crippen LogP contribution in [0, 0.1) is 50.7 Å². The van der Waals surface area contributed by atoms with Crippen molar-refractivity contribution in [3.8, 4) is 0 Å². The van der Waals surface area contributed by atoms with Gasteiger partial charge >= 0.3 is 5.97 Å². The van der Waals surface area contributed by atoms with Gasteiger partial charge in [-0.1, -0.05) is 46.3 Å². The maximum atomic E-state index is 12.1. The second-order valence-electron chi connectivity index (χ2n) is 15.2. The summed E-state index contributed by atoms with van der Waals surface area (Å²) in [4.78, 5) is 12.1. The molecule has 5 rings (SSSR count). The average molecular weight is 519 g/mol. The molecule has 4 fully saturated rings. The summed E-state index contributed by atoms with van der Waals surface area (Å²) < 4.78 is 0. The van der Waals surface area contributed by atoms with Crippen molar-refractivity contribution in [2.24, 2.45) is 50.7 Å². The van der Waals surface area contributed by atoms with E-state index in [0.717, 1.165) is 44.9 Å². The van der Waals surface area contributed by atoms with Crippen molar-refractivity contribution in [3.63, 3.8) is 0 Å². The van der Waals surface area contributed by atoms with Gasteiger partial charge in [-0.2, -0.15) is 0 Å². The Morgan fingerprint density at radius 2 is 1.68 bits per heavy atom. The van der Waals surface area contributed by atoms with Crippen LogP contribution in [0.3, 0.4) is 0 Å². The van der Waals surface area contributed by atoms with Gasteiger partial charge in [0, 0.05) is 11.3 Å². The predicted octanol–water partition coefficient (Wildman–Crippen LogP) is 4.54. The number of carboxylic acid groups (broad SMARTS) is 1. The van der Waals surface area contributed by atoms with Gasteiger partial charge in [0.2, 0.25) is 0 Å². The van der Waals surface area contributed by atoms with Crippen LogP contribution in [-0.4, -0.2) is 55.9 Å². The number of fused-ring (bicyclic) bond motifs is 7. The Kier molecular flexibility index (Phi) is 6.18. The minimum atomic E-state index is -0.966. The normalized spacial score (nSPS) is 57.3. The first-order valence-electron chi connectivity index (χ1n) is 14.7. The summed E-state index contributed by atoms with van der Waals surface area (Å²) in [6, 6.07) is 0. The van der Waals surface area contributed by atoms with Crippen LogP contribution >= 0.6 is 0 Å². The number of rotatable bonds is 3. The van der Waals surface area contributed by atoms with E-state index in [9.17, 15) is 30.3 Å². The Balaban J connectivity index is 1.63. The van der Waals surface area contributed by atoms with Crippen molar-refractivity contribution in [2.75, 3.05) is 6.61 Å². The highest BCUT2D eigenvalue weighted by Gasteiger charge is 2.71. The van der Waals surface area contributed by atoms with E-state index in [1.165, 1.54) is 5.57 Å². The lowest BCUT2D eigenvalue weighted by atomic mass is 9.32. The summed E-state index contributed by atoms with van der Waals surface area (Å²) in [5, 5.41) is 54.4. The fourth-order valence-electron chi connectivity index (χ4n) is 11.4. The van der Waals surface area contributed by atoms with Crippen LogP contribution in [0.4, 0.5) is 0 Å². The second-order valence-corrected chi connectivity index (χ2v) is 15.2. The molecule has 0 aliphatic heterocycles. The van der Waals surface area contributed by atoms with Gasteiger partial charge in [-0.25, -0.2) is 0 Å². The van der Waals surface area contributed by atoms with Gasteiger partial charge in [-0.15, -0.1) is 0 Å². The number of aliphatic hydroxyl groups excluding tert-OH is 3. The van der Waals surface area contributed by atoms with E-state index in [1.807, 2.05) is 13.8 Å². The van der Waals surface area contributed by atoms with Crippen molar-refractivity contribution in [1.82, 2.24) is 0 Å². The molecule has 5 aliphatic carbocycles. The summed E-state index contributed by atoms with van der Waals surface area (Å²) in [5.41, 5.74) is -1.37. The van der Waals surface area contributed by atoms with E-state index in [2.05, 4.69) is 33.8 Å². The SMILES string of the molecule is C[C@@H]1CC[C@]2(CC(=O)O)CC[C@]3(C)C(=CCC4[C@@]5(C)C[C@@H](O)[C@H](O)[C@@](C)(CO)C5CC[C@]43C)C2[C@]1(C)O. The first kappa shape index (κ1) is 27.6. The summed E-state index contributed by atoms with van der Waals surface area (Å²) >= 11 is 0. The molecule has 0 aromatic carbocycles. The van der Waals surface area contributed by atoms with Gasteiger partial charge in [-0.05, 0) is 97.7 Å². The molecule has 0 spiro atoms. The second kappa shape index (κ2) is 8.28. The highest BCUT2D eigenvalue weighted by molar-refractivity contribution is 5.68. The lowest BCUT2D eigenvalue weighted by Crippen LogP contribution is -2.69. The van der Waals surface area contributed by atoms with Gasteiger partial charge in [0.05, 0.1) is 30.8 Å². The van der Waals surface area contributed by atoms with E-state index in [4.69, 9.17) is 0 Å². The third kappa shape index (κ3) is 3.34. The van der Waals surface area contributed by atoms with Crippen molar-refractivity contribution in [2.45, 2.75) is 117 Å². The monoisotopic (exact) mass is 518 g/mol. The van der Waals surface area contributed by atoms with Crippen LogP contribution in [0.25, 0.3) is 0 Å². The van der Waals surface area contributed by atoms with Gasteiger partial charge < -0.3 is 25.5 Å². The molecule has 0 saturated heterocycles. The van der Waals surface area contributed by atoms with Crippen LogP contribution in [0.2, 0.25) is 0 Å². The number of hydrogen-bond donors (Lipinski definition) is 5. The lowest BCUT2D eigenvalue weighted by Gasteiger charge is -2.72. The van der Waals surface area contributed by atoms with E-state index in [-0.39, 0.29) is 52.9 Å². The fourth-order valence-corrected chi connectivity index (χ4v) is 11.4. The predicted molar refractivity (Wildman–Crippen MR) is 141 cm³/mol. The van der Waals surface area contributed by atoms with Crippen LogP contribution < -0.4 is 0 Å². The molecular weight excluding hydrogens is 468 g/mol. The molecule has 6 nitrogen and oxygen atoms in total. The Morgan fingerprint density at radius 1 is 1.00 bits per heavy atom. The Labute approximate surface area is 222 Å². The van der Waals surface area contributed by atoms with Crippen LogP contribution in [-0.2, 0) is 4.79 Å². The largest absolute Gasteiger partial charge is 0.481 e. The molecule has 0 radical (unpaired) electrons. The molecule has 0 amide bonds. The molecule has 4 saturated carbocycles. The zero-order valence-electron chi connectivity index (χ0n) is 23.8. The Morgan fingerprint density at radius 3 is 2.30 bits per heavy atom. The molecule has 0 aromatic rings. The third-order valence-electron chi connectivity index (χ3n) is 13.8. The van der Waals surface area contributed by atoms with Crippen LogP contribution in [0.15, 0.2) is 11.6 Å². The highest BCUT2D eigenvalue weighted by Crippen LogP contribution is 2.76. The Bertz CT molecular complexity index is 990. The third-order valence-corrected chi connectivity index (χ3v) is 13.8. The summed E-state index contributed by atoms with van der Waals surface area (Å²) in [6.07, 6.45) is 7.25. The minimum absolute atomic E-state index is 0.0904. The molecule has 0 bridgehead atoms. The molecule has 3 unspecified atom stereocenters. The number of carbonyl (C=O) groups is 1. The average Bonchev–Trinajstić information content (AvgIpc) is 2.80. The summed E-state index contributed by atoms with van der Waals surface area (Å²) in [7, 11) is 0. The molecule has 0 aromatic heterocycles. The maximum Gasteiger partial charge on any atom is 0.303 e. The first-order valence-corrected chi connectivity index (χ1v) is 14.7. The molecule has 6 heteroatoms. The standard InChI is InChI=1S/C31H50O6/c1-18-9-12-31(16-23(34)35)14-13-28(4)19(24(31)30(18,6)37)7-8-22-26(2)15-20(33)25(36)27(3,17-32)21(26)10-11-29(22,28)5/h7,18,20-22,24-25,32-33,36-37H,8-17H2,1-6H3,(H,34,35)/t18-,20-,21?,22?,24?,25+,26+,27+,28-,29-,30-,31-/m1/s1. The summed E-state index contributed by atoms with van der Waals surface area (Å²) in [6.45, 7) is 12.9. The van der Waals surface area contributed by atoms with Gasteiger partial charge in [0.1, 0.15) is 0 Å². The van der Waals surface area contributed by atoms with Crippen molar-refractivity contribution >= 4 is 5.97 Å².